The van der Waals surface area contributed by atoms with E-state index in [-0.39, 0.29) is 17.4 Å². The zero-order valence-corrected chi connectivity index (χ0v) is 10.2. The highest BCUT2D eigenvalue weighted by Crippen LogP contribution is 2.32. The molecule has 2 unspecified atom stereocenters. The van der Waals surface area contributed by atoms with Gasteiger partial charge in [0.2, 0.25) is 0 Å². The molecule has 1 aromatic heterocycles. The second kappa shape index (κ2) is 5.24. The van der Waals surface area contributed by atoms with Gasteiger partial charge in [-0.05, 0) is 18.9 Å². The van der Waals surface area contributed by atoms with Crippen molar-refractivity contribution in [2.45, 2.75) is 44.0 Å². The largest absolute Gasteiger partial charge is 0.433 e. The standard InChI is InChI=1S/C12H16F3N3O/c13-12(14,15)11-5-9(7(16)6-17-11)18-8-3-1-2-4-10(8)19/h5-6,8,10,19H,1-4,16H2,(H,17,18). The molecule has 4 N–H and O–H groups in total. The van der Waals surface area contributed by atoms with Gasteiger partial charge in [0, 0.05) is 0 Å². The van der Waals surface area contributed by atoms with E-state index in [2.05, 4.69) is 10.3 Å². The highest BCUT2D eigenvalue weighted by molar-refractivity contribution is 5.66. The number of anilines is 2. The molecule has 2 rings (SSSR count). The molecule has 1 aromatic rings. The summed E-state index contributed by atoms with van der Waals surface area (Å²) in [5, 5.41) is 12.7. The average molecular weight is 275 g/mol. The van der Waals surface area contributed by atoms with Gasteiger partial charge in [-0.25, -0.2) is 4.98 Å². The van der Waals surface area contributed by atoms with Gasteiger partial charge in [0.05, 0.1) is 29.7 Å². The van der Waals surface area contributed by atoms with E-state index in [4.69, 9.17) is 5.73 Å². The third-order valence-electron chi connectivity index (χ3n) is 3.30. The van der Waals surface area contributed by atoms with Gasteiger partial charge in [-0.1, -0.05) is 12.8 Å². The van der Waals surface area contributed by atoms with Crippen molar-refractivity contribution in [3.05, 3.63) is 18.0 Å². The Morgan fingerprint density at radius 2 is 2.00 bits per heavy atom. The Kier molecular flexibility index (Phi) is 3.84. The van der Waals surface area contributed by atoms with E-state index < -0.39 is 18.0 Å². The van der Waals surface area contributed by atoms with E-state index in [0.29, 0.717) is 12.8 Å². The van der Waals surface area contributed by atoms with Crippen LogP contribution >= 0.6 is 0 Å². The number of rotatable bonds is 2. The number of nitrogen functional groups attached to an aromatic ring is 1. The van der Waals surface area contributed by atoms with Crippen LogP contribution in [0.4, 0.5) is 24.5 Å². The zero-order valence-electron chi connectivity index (χ0n) is 10.2. The summed E-state index contributed by atoms with van der Waals surface area (Å²) in [6, 6.07) is 0.621. The topological polar surface area (TPSA) is 71.2 Å². The predicted octanol–water partition coefficient (Wildman–Crippen LogP) is 2.40. The van der Waals surface area contributed by atoms with Gasteiger partial charge in [-0.3, -0.25) is 0 Å². The normalized spacial score (nSPS) is 24.2. The lowest BCUT2D eigenvalue weighted by Crippen LogP contribution is -2.36. The molecule has 1 saturated carbocycles. The third-order valence-corrected chi connectivity index (χ3v) is 3.30. The first-order valence-electron chi connectivity index (χ1n) is 6.15. The maximum atomic E-state index is 12.6. The fourth-order valence-electron chi connectivity index (χ4n) is 2.23. The number of aliphatic hydroxyl groups is 1. The summed E-state index contributed by atoms with van der Waals surface area (Å²) in [6.07, 6.45) is -0.852. The van der Waals surface area contributed by atoms with Crippen LogP contribution in [0.25, 0.3) is 0 Å². The summed E-state index contributed by atoms with van der Waals surface area (Å²) in [4.78, 5) is 3.27. The second-order valence-electron chi connectivity index (χ2n) is 4.76. The minimum atomic E-state index is -4.50. The SMILES string of the molecule is Nc1cnc(C(F)(F)F)cc1NC1CCCCC1O. The summed E-state index contributed by atoms with van der Waals surface area (Å²) in [6.45, 7) is 0. The van der Waals surface area contributed by atoms with Gasteiger partial charge >= 0.3 is 6.18 Å². The fraction of sp³-hybridized carbons (Fsp3) is 0.583. The first-order chi connectivity index (χ1) is 8.88. The molecule has 0 radical (unpaired) electrons. The van der Waals surface area contributed by atoms with Gasteiger partial charge < -0.3 is 16.2 Å². The molecular formula is C12H16F3N3O. The van der Waals surface area contributed by atoms with E-state index in [1.165, 1.54) is 0 Å². The number of nitrogens with zero attached hydrogens (tertiary/aromatic N) is 1. The molecule has 0 saturated heterocycles. The number of nitrogens with one attached hydrogen (secondary N) is 1. The number of aromatic nitrogens is 1. The number of aliphatic hydroxyl groups excluding tert-OH is 1. The molecule has 19 heavy (non-hydrogen) atoms. The Balaban J connectivity index is 2.19. The minimum Gasteiger partial charge on any atom is -0.396 e. The van der Waals surface area contributed by atoms with Crippen LogP contribution in [0.5, 0.6) is 0 Å². The lowest BCUT2D eigenvalue weighted by Gasteiger charge is -2.29. The molecule has 0 spiro atoms. The van der Waals surface area contributed by atoms with E-state index in [0.717, 1.165) is 25.1 Å². The molecule has 7 heteroatoms. The van der Waals surface area contributed by atoms with Crippen molar-refractivity contribution in [1.29, 1.82) is 0 Å². The molecule has 1 heterocycles. The van der Waals surface area contributed by atoms with Crippen molar-refractivity contribution in [3.63, 3.8) is 0 Å². The highest BCUT2D eigenvalue weighted by atomic mass is 19.4. The van der Waals surface area contributed by atoms with Crippen molar-refractivity contribution in [2.75, 3.05) is 11.1 Å². The summed E-state index contributed by atoms with van der Waals surface area (Å²) in [5.74, 6) is 0. The average Bonchev–Trinajstić information content (AvgIpc) is 2.33. The lowest BCUT2D eigenvalue weighted by atomic mass is 9.92. The van der Waals surface area contributed by atoms with Gasteiger partial charge in [-0.2, -0.15) is 13.2 Å². The molecule has 4 nitrogen and oxygen atoms in total. The van der Waals surface area contributed by atoms with Crippen molar-refractivity contribution >= 4 is 11.4 Å². The maximum absolute atomic E-state index is 12.6. The van der Waals surface area contributed by atoms with Gasteiger partial charge in [0.1, 0.15) is 5.69 Å². The van der Waals surface area contributed by atoms with Crippen molar-refractivity contribution in [2.24, 2.45) is 0 Å². The van der Waals surface area contributed by atoms with E-state index in [9.17, 15) is 18.3 Å². The maximum Gasteiger partial charge on any atom is 0.433 e. The minimum absolute atomic E-state index is 0.144. The van der Waals surface area contributed by atoms with Crippen LogP contribution in [0.3, 0.4) is 0 Å². The lowest BCUT2D eigenvalue weighted by molar-refractivity contribution is -0.141. The number of nitrogens with two attached hydrogens (primary N) is 1. The monoisotopic (exact) mass is 275 g/mol. The van der Waals surface area contributed by atoms with Crippen LogP contribution in [0, 0.1) is 0 Å². The van der Waals surface area contributed by atoms with Gasteiger partial charge in [0.25, 0.3) is 0 Å². The summed E-state index contributed by atoms with van der Waals surface area (Å²) >= 11 is 0. The molecule has 0 bridgehead atoms. The molecule has 1 aliphatic rings. The summed E-state index contributed by atoms with van der Waals surface area (Å²) < 4.78 is 37.7. The van der Waals surface area contributed by atoms with E-state index in [1.807, 2.05) is 0 Å². The molecule has 1 aliphatic carbocycles. The Hall–Kier alpha value is -1.50. The fourth-order valence-corrected chi connectivity index (χ4v) is 2.23. The zero-order chi connectivity index (χ0) is 14.0. The van der Waals surface area contributed by atoms with Gasteiger partial charge in [-0.15, -0.1) is 0 Å². The molecule has 0 amide bonds. The van der Waals surface area contributed by atoms with Crippen molar-refractivity contribution in [1.82, 2.24) is 4.98 Å². The van der Waals surface area contributed by atoms with Crippen LogP contribution in [0.15, 0.2) is 12.3 Å². The van der Waals surface area contributed by atoms with Crippen LogP contribution in [0.2, 0.25) is 0 Å². The van der Waals surface area contributed by atoms with Crippen LogP contribution in [-0.2, 0) is 6.18 Å². The van der Waals surface area contributed by atoms with Crippen molar-refractivity contribution in [3.8, 4) is 0 Å². The Labute approximate surface area is 108 Å². The molecule has 1 fully saturated rings. The quantitative estimate of drug-likeness (QED) is 0.775. The van der Waals surface area contributed by atoms with E-state index >= 15 is 0 Å². The highest BCUT2D eigenvalue weighted by Gasteiger charge is 2.33. The van der Waals surface area contributed by atoms with Crippen LogP contribution in [0.1, 0.15) is 31.4 Å². The smallest absolute Gasteiger partial charge is 0.396 e. The molecule has 0 aliphatic heterocycles. The number of pyridine rings is 1. The van der Waals surface area contributed by atoms with Crippen LogP contribution in [-0.4, -0.2) is 22.2 Å². The van der Waals surface area contributed by atoms with Gasteiger partial charge in [0.15, 0.2) is 0 Å². The number of hydrogen-bond donors (Lipinski definition) is 3. The van der Waals surface area contributed by atoms with Crippen LogP contribution < -0.4 is 11.1 Å². The third kappa shape index (κ3) is 3.28. The predicted molar refractivity (Wildman–Crippen MR) is 65.5 cm³/mol. The van der Waals surface area contributed by atoms with E-state index in [1.54, 1.807) is 0 Å². The molecule has 106 valence electrons. The number of hydrogen-bond acceptors (Lipinski definition) is 4. The first-order valence-corrected chi connectivity index (χ1v) is 6.15. The molecular weight excluding hydrogens is 259 g/mol. The number of halogens is 3. The first kappa shape index (κ1) is 13.9. The Bertz CT molecular complexity index is 450. The summed E-state index contributed by atoms with van der Waals surface area (Å²) in [5.41, 5.74) is 4.95. The van der Waals surface area contributed by atoms with Crippen molar-refractivity contribution < 1.29 is 18.3 Å². The Morgan fingerprint density at radius 3 is 2.63 bits per heavy atom. The summed E-state index contributed by atoms with van der Waals surface area (Å²) in [7, 11) is 0. The molecule has 0 aromatic carbocycles. The number of alkyl halides is 3. The molecule has 2 atom stereocenters. The second-order valence-corrected chi connectivity index (χ2v) is 4.76. The Morgan fingerprint density at radius 1 is 1.32 bits per heavy atom.